The molecular weight excluding hydrogens is 270 g/mol. The lowest BCUT2D eigenvalue weighted by Crippen LogP contribution is -2.23. The summed E-state index contributed by atoms with van der Waals surface area (Å²) >= 11 is 0. The van der Waals surface area contributed by atoms with Gasteiger partial charge in [-0.15, -0.1) is 0 Å². The van der Waals surface area contributed by atoms with E-state index in [1.54, 1.807) is 6.26 Å². The largest absolute Gasteiger partial charge is 0.382 e. The molecule has 4 heteroatoms. The first kappa shape index (κ1) is 15.2. The smallest absolute Gasteiger partial charge is 0.175 e. The fourth-order valence-corrected chi connectivity index (χ4v) is 3.39. The summed E-state index contributed by atoms with van der Waals surface area (Å²) in [5.74, 6) is 0.811. The van der Waals surface area contributed by atoms with Gasteiger partial charge in [-0.25, -0.2) is 0 Å². The summed E-state index contributed by atoms with van der Waals surface area (Å²) in [5, 5.41) is 3.52. The first-order chi connectivity index (χ1) is 9.56. The normalized spacial score (nSPS) is 18.7. The SMILES string of the molecule is CC(Nc1ccc(C(=O)CS(C)=O)cc1)C1CCCC1. The van der Waals surface area contributed by atoms with Gasteiger partial charge in [-0.1, -0.05) is 12.8 Å². The minimum atomic E-state index is -1.08. The Labute approximate surface area is 123 Å². The summed E-state index contributed by atoms with van der Waals surface area (Å²) in [5.41, 5.74) is 1.69. The van der Waals surface area contributed by atoms with Crippen molar-refractivity contribution in [2.75, 3.05) is 17.3 Å². The lowest BCUT2D eigenvalue weighted by molar-refractivity contribution is 0.102. The molecule has 1 aliphatic carbocycles. The zero-order chi connectivity index (χ0) is 14.5. The van der Waals surface area contributed by atoms with Gasteiger partial charge in [-0.2, -0.15) is 0 Å². The number of carbonyl (C=O) groups is 1. The summed E-state index contributed by atoms with van der Waals surface area (Å²) in [6, 6.07) is 7.99. The van der Waals surface area contributed by atoms with E-state index >= 15 is 0 Å². The van der Waals surface area contributed by atoms with Gasteiger partial charge in [0.1, 0.15) is 0 Å². The van der Waals surface area contributed by atoms with Gasteiger partial charge < -0.3 is 5.32 Å². The maximum atomic E-state index is 11.8. The van der Waals surface area contributed by atoms with E-state index in [4.69, 9.17) is 0 Å². The zero-order valence-electron chi connectivity index (χ0n) is 12.2. The Morgan fingerprint density at radius 3 is 2.45 bits per heavy atom. The highest BCUT2D eigenvalue weighted by Gasteiger charge is 2.21. The molecular formula is C16H23NO2S. The number of anilines is 1. The van der Waals surface area contributed by atoms with Gasteiger partial charge in [0.2, 0.25) is 0 Å². The maximum Gasteiger partial charge on any atom is 0.175 e. The fourth-order valence-electron chi connectivity index (χ4n) is 2.86. The molecule has 1 saturated carbocycles. The second-order valence-corrected chi connectivity index (χ2v) is 7.13. The Kier molecular flexibility index (Phi) is 5.35. The first-order valence-corrected chi connectivity index (χ1v) is 8.99. The molecule has 0 aromatic heterocycles. The molecule has 0 heterocycles. The lowest BCUT2D eigenvalue weighted by Gasteiger charge is -2.21. The van der Waals surface area contributed by atoms with E-state index in [2.05, 4.69) is 12.2 Å². The number of nitrogens with one attached hydrogen (secondary N) is 1. The zero-order valence-corrected chi connectivity index (χ0v) is 13.0. The third kappa shape index (κ3) is 4.17. The van der Waals surface area contributed by atoms with Crippen LogP contribution in [0.5, 0.6) is 0 Å². The molecule has 0 spiro atoms. The number of hydrogen-bond acceptors (Lipinski definition) is 3. The number of carbonyl (C=O) groups excluding carboxylic acids is 1. The monoisotopic (exact) mass is 293 g/mol. The predicted octanol–water partition coefficient (Wildman–Crippen LogP) is 3.24. The van der Waals surface area contributed by atoms with Gasteiger partial charge in [0, 0.05) is 34.3 Å². The van der Waals surface area contributed by atoms with E-state index in [1.165, 1.54) is 25.7 Å². The number of hydrogen-bond donors (Lipinski definition) is 1. The van der Waals surface area contributed by atoms with Gasteiger partial charge >= 0.3 is 0 Å². The Bertz CT molecular complexity index is 478. The van der Waals surface area contributed by atoms with Gasteiger partial charge in [0.15, 0.2) is 5.78 Å². The van der Waals surface area contributed by atoms with Crippen molar-refractivity contribution in [1.29, 1.82) is 0 Å². The molecule has 1 aliphatic rings. The van der Waals surface area contributed by atoms with E-state index in [9.17, 15) is 9.00 Å². The molecule has 2 atom stereocenters. The van der Waals surface area contributed by atoms with E-state index in [0.29, 0.717) is 11.6 Å². The van der Waals surface area contributed by atoms with Crippen LogP contribution in [-0.2, 0) is 10.8 Å². The number of benzene rings is 1. The second kappa shape index (κ2) is 7.02. The Morgan fingerprint density at radius 1 is 1.30 bits per heavy atom. The molecule has 3 nitrogen and oxygen atoms in total. The average Bonchev–Trinajstić information content (AvgIpc) is 2.92. The summed E-state index contributed by atoms with van der Waals surface area (Å²) in [4.78, 5) is 11.8. The van der Waals surface area contributed by atoms with E-state index < -0.39 is 10.8 Å². The van der Waals surface area contributed by atoms with E-state index in [-0.39, 0.29) is 11.5 Å². The number of rotatable bonds is 6. The highest BCUT2D eigenvalue weighted by atomic mass is 32.2. The van der Waals surface area contributed by atoms with Crippen molar-refractivity contribution in [3.05, 3.63) is 29.8 Å². The molecule has 1 N–H and O–H groups in total. The van der Waals surface area contributed by atoms with Gasteiger partial charge in [0.05, 0.1) is 5.75 Å². The van der Waals surface area contributed by atoms with Crippen LogP contribution in [0.4, 0.5) is 5.69 Å². The van der Waals surface area contributed by atoms with Crippen LogP contribution in [0.1, 0.15) is 43.0 Å². The Morgan fingerprint density at radius 2 is 1.90 bits per heavy atom. The molecule has 110 valence electrons. The molecule has 2 unspecified atom stereocenters. The van der Waals surface area contributed by atoms with Crippen molar-refractivity contribution < 1.29 is 9.00 Å². The number of ketones is 1. The third-order valence-electron chi connectivity index (χ3n) is 4.04. The highest BCUT2D eigenvalue weighted by Crippen LogP contribution is 2.29. The second-order valence-electron chi connectivity index (χ2n) is 5.70. The molecule has 2 rings (SSSR count). The highest BCUT2D eigenvalue weighted by molar-refractivity contribution is 7.85. The van der Waals surface area contributed by atoms with E-state index in [0.717, 1.165) is 11.6 Å². The quantitative estimate of drug-likeness (QED) is 0.819. The van der Waals surface area contributed by atoms with Gasteiger partial charge in [-0.05, 0) is 49.9 Å². The van der Waals surface area contributed by atoms with Crippen LogP contribution in [0.25, 0.3) is 0 Å². The van der Waals surface area contributed by atoms with Crippen molar-refractivity contribution >= 4 is 22.3 Å². The molecule has 1 aromatic carbocycles. The number of Topliss-reactive ketones (excluding diaryl/α,β-unsaturated/α-hetero) is 1. The van der Waals surface area contributed by atoms with Crippen LogP contribution in [0.3, 0.4) is 0 Å². The van der Waals surface area contributed by atoms with Crippen molar-refractivity contribution in [3.8, 4) is 0 Å². The molecule has 0 bridgehead atoms. The summed E-state index contributed by atoms with van der Waals surface area (Å²) in [7, 11) is -1.08. The van der Waals surface area contributed by atoms with Crippen molar-refractivity contribution in [2.24, 2.45) is 5.92 Å². The molecule has 0 saturated heterocycles. The molecule has 1 aromatic rings. The van der Waals surface area contributed by atoms with Crippen molar-refractivity contribution in [2.45, 2.75) is 38.6 Å². The summed E-state index contributed by atoms with van der Waals surface area (Å²) < 4.78 is 11.1. The van der Waals surface area contributed by atoms with Crippen LogP contribution in [0, 0.1) is 5.92 Å². The lowest BCUT2D eigenvalue weighted by atomic mass is 9.99. The topological polar surface area (TPSA) is 46.2 Å². The maximum absolute atomic E-state index is 11.8. The standard InChI is InChI=1S/C16H23NO2S/c1-12(13-5-3-4-6-13)17-15-9-7-14(8-10-15)16(18)11-20(2)19/h7-10,12-13,17H,3-6,11H2,1-2H3. The molecule has 0 aliphatic heterocycles. The fraction of sp³-hybridized carbons (Fsp3) is 0.562. The molecule has 20 heavy (non-hydrogen) atoms. The minimum Gasteiger partial charge on any atom is -0.382 e. The summed E-state index contributed by atoms with van der Waals surface area (Å²) in [6.45, 7) is 2.23. The van der Waals surface area contributed by atoms with Crippen LogP contribution in [0.2, 0.25) is 0 Å². The first-order valence-electron chi connectivity index (χ1n) is 7.26. The van der Waals surface area contributed by atoms with E-state index in [1.807, 2.05) is 24.3 Å². The van der Waals surface area contributed by atoms with Gasteiger partial charge in [0.25, 0.3) is 0 Å². The minimum absolute atomic E-state index is 0.0544. The van der Waals surface area contributed by atoms with Crippen LogP contribution < -0.4 is 5.32 Å². The predicted molar refractivity (Wildman–Crippen MR) is 84.7 cm³/mol. The van der Waals surface area contributed by atoms with Crippen LogP contribution in [0.15, 0.2) is 24.3 Å². The van der Waals surface area contributed by atoms with Crippen LogP contribution >= 0.6 is 0 Å². The summed E-state index contributed by atoms with van der Waals surface area (Å²) in [6.07, 6.45) is 6.87. The molecule has 1 fully saturated rings. The third-order valence-corrected chi connectivity index (χ3v) is 4.71. The molecule has 0 radical (unpaired) electrons. The van der Waals surface area contributed by atoms with Gasteiger partial charge in [-0.3, -0.25) is 9.00 Å². The molecule has 0 amide bonds. The van der Waals surface area contributed by atoms with Crippen molar-refractivity contribution in [1.82, 2.24) is 0 Å². The Hall–Kier alpha value is -1.16. The van der Waals surface area contributed by atoms with Crippen molar-refractivity contribution in [3.63, 3.8) is 0 Å². The average molecular weight is 293 g/mol. The van der Waals surface area contributed by atoms with Crippen LogP contribution in [-0.4, -0.2) is 28.0 Å². The Balaban J connectivity index is 1.94.